The minimum atomic E-state index is -0.301. The van der Waals surface area contributed by atoms with Crippen molar-refractivity contribution >= 4 is 62.2 Å². The third-order valence-corrected chi connectivity index (χ3v) is 7.21. The molecule has 2 aromatic rings. The molecule has 1 aliphatic rings. The molecule has 8 heteroatoms. The summed E-state index contributed by atoms with van der Waals surface area (Å²) in [4.78, 5) is 26.3. The number of thiocarbonyl (C=S) groups is 1. The van der Waals surface area contributed by atoms with Crippen molar-refractivity contribution in [2.45, 2.75) is 45.6 Å². The Balaban J connectivity index is 1.72. The Hall–Kier alpha value is -2.16. The van der Waals surface area contributed by atoms with Gasteiger partial charge in [-0.2, -0.15) is 0 Å². The lowest BCUT2D eigenvalue weighted by Crippen LogP contribution is -2.29. The first-order chi connectivity index (χ1) is 16.1. The number of halogens is 1. The number of amides is 1. The minimum Gasteiger partial charge on any atom is -0.488 e. The molecule has 0 spiro atoms. The number of thioether (sulfide) groups is 1. The molecule has 34 heavy (non-hydrogen) atoms. The van der Waals surface area contributed by atoms with Crippen LogP contribution in [0.15, 0.2) is 51.8 Å². The number of methoxy groups -OCH3 is 1. The van der Waals surface area contributed by atoms with Gasteiger partial charge in [0.1, 0.15) is 16.7 Å². The van der Waals surface area contributed by atoms with Crippen LogP contribution in [0.5, 0.6) is 5.75 Å². The standard InChI is InChI=1S/C26H28BrNO4S2/c1-26(2,3)19-9-7-17(8-10-19)16-32-21-12-11-20(27)14-18(21)15-22-24(30)28(25(33)34-22)13-5-6-23(29)31-4/h7-12,14-15H,5-6,13,16H2,1-4H3/b22-15+. The van der Waals surface area contributed by atoms with Gasteiger partial charge in [0, 0.05) is 23.0 Å². The van der Waals surface area contributed by atoms with E-state index < -0.39 is 0 Å². The van der Waals surface area contributed by atoms with Crippen molar-refractivity contribution in [2.24, 2.45) is 0 Å². The van der Waals surface area contributed by atoms with Crippen molar-refractivity contribution < 1.29 is 19.1 Å². The molecule has 0 radical (unpaired) electrons. The van der Waals surface area contributed by atoms with Gasteiger partial charge in [-0.15, -0.1) is 0 Å². The second-order valence-electron chi connectivity index (χ2n) is 8.93. The zero-order chi connectivity index (χ0) is 24.9. The number of carbonyl (C=O) groups excluding carboxylic acids is 2. The van der Waals surface area contributed by atoms with E-state index in [1.165, 1.54) is 29.3 Å². The Morgan fingerprint density at radius 1 is 1.18 bits per heavy atom. The summed E-state index contributed by atoms with van der Waals surface area (Å²) in [6.07, 6.45) is 2.54. The molecule has 5 nitrogen and oxygen atoms in total. The molecule has 180 valence electrons. The largest absolute Gasteiger partial charge is 0.488 e. The van der Waals surface area contributed by atoms with Crippen molar-refractivity contribution in [1.82, 2.24) is 4.90 Å². The monoisotopic (exact) mass is 561 g/mol. The number of benzene rings is 2. The van der Waals surface area contributed by atoms with Crippen molar-refractivity contribution in [3.63, 3.8) is 0 Å². The van der Waals surface area contributed by atoms with E-state index in [0.29, 0.717) is 34.5 Å². The van der Waals surface area contributed by atoms with Gasteiger partial charge in [0.15, 0.2) is 0 Å². The highest BCUT2D eigenvalue weighted by Gasteiger charge is 2.32. The smallest absolute Gasteiger partial charge is 0.305 e. The molecule has 0 aromatic heterocycles. The predicted molar refractivity (Wildman–Crippen MR) is 145 cm³/mol. The number of hydrogen-bond acceptors (Lipinski definition) is 6. The normalized spacial score (nSPS) is 15.2. The number of nitrogens with zero attached hydrogens (tertiary/aromatic N) is 1. The molecule has 2 aromatic carbocycles. The topological polar surface area (TPSA) is 55.8 Å². The number of carbonyl (C=O) groups is 2. The van der Waals surface area contributed by atoms with Gasteiger partial charge in [0.05, 0.1) is 12.0 Å². The van der Waals surface area contributed by atoms with Crippen LogP contribution in [0.2, 0.25) is 0 Å². The second kappa shape index (κ2) is 11.5. The van der Waals surface area contributed by atoms with Gasteiger partial charge in [0.2, 0.25) is 0 Å². The van der Waals surface area contributed by atoms with Gasteiger partial charge in [0.25, 0.3) is 5.91 Å². The van der Waals surface area contributed by atoms with Crippen LogP contribution >= 0.6 is 39.9 Å². The van der Waals surface area contributed by atoms with Crippen LogP contribution in [0.1, 0.15) is 50.3 Å². The fraction of sp³-hybridized carbons (Fsp3) is 0.346. The second-order valence-corrected chi connectivity index (χ2v) is 11.5. The molecule has 0 unspecified atom stereocenters. The van der Waals surface area contributed by atoms with Gasteiger partial charge < -0.3 is 9.47 Å². The van der Waals surface area contributed by atoms with Gasteiger partial charge in [-0.05, 0) is 47.2 Å². The zero-order valence-corrected chi connectivity index (χ0v) is 22.9. The number of hydrogen-bond donors (Lipinski definition) is 0. The average Bonchev–Trinajstić information content (AvgIpc) is 3.05. The summed E-state index contributed by atoms with van der Waals surface area (Å²) in [5.41, 5.74) is 3.23. The summed E-state index contributed by atoms with van der Waals surface area (Å²) in [7, 11) is 1.35. The van der Waals surface area contributed by atoms with Crippen LogP contribution < -0.4 is 4.74 Å². The third-order valence-electron chi connectivity index (χ3n) is 5.34. The molecule has 1 heterocycles. The lowest BCUT2D eigenvalue weighted by molar-refractivity contribution is -0.141. The average molecular weight is 563 g/mol. The van der Waals surface area contributed by atoms with E-state index in [9.17, 15) is 9.59 Å². The molecule has 1 fully saturated rings. The first kappa shape index (κ1) is 26.4. The minimum absolute atomic E-state index is 0.101. The van der Waals surface area contributed by atoms with Crippen LogP contribution in [0, 0.1) is 0 Å². The van der Waals surface area contributed by atoms with Crippen LogP contribution in [0.3, 0.4) is 0 Å². The highest BCUT2D eigenvalue weighted by atomic mass is 79.9. The maximum Gasteiger partial charge on any atom is 0.305 e. The van der Waals surface area contributed by atoms with Crippen molar-refractivity contribution in [1.29, 1.82) is 0 Å². The first-order valence-electron chi connectivity index (χ1n) is 10.9. The summed E-state index contributed by atoms with van der Waals surface area (Å²) in [6.45, 7) is 7.36. The van der Waals surface area contributed by atoms with Crippen LogP contribution in [-0.4, -0.2) is 34.8 Å². The summed E-state index contributed by atoms with van der Waals surface area (Å²) >= 11 is 10.2. The fourth-order valence-electron chi connectivity index (χ4n) is 3.34. The highest BCUT2D eigenvalue weighted by Crippen LogP contribution is 2.35. The maximum atomic E-state index is 12.9. The van der Waals surface area contributed by atoms with E-state index in [1.807, 2.05) is 24.3 Å². The molecule has 3 rings (SSSR count). The van der Waals surface area contributed by atoms with Crippen molar-refractivity contribution in [2.75, 3.05) is 13.7 Å². The van der Waals surface area contributed by atoms with Crippen molar-refractivity contribution in [3.05, 3.63) is 68.5 Å². The van der Waals surface area contributed by atoms with Gasteiger partial charge in [-0.25, -0.2) is 0 Å². The SMILES string of the molecule is COC(=O)CCCN1C(=O)/C(=C\c2cc(Br)ccc2OCc2ccc(C(C)(C)C)cc2)SC1=S. The molecular formula is C26H28BrNO4S2. The van der Waals surface area contributed by atoms with E-state index in [2.05, 4.69) is 65.7 Å². The molecule has 0 N–H and O–H groups in total. The van der Waals surface area contributed by atoms with E-state index in [4.69, 9.17) is 17.0 Å². The summed E-state index contributed by atoms with van der Waals surface area (Å²) in [5.74, 6) is 0.215. The van der Waals surface area contributed by atoms with Crippen LogP contribution in [0.25, 0.3) is 6.08 Å². The highest BCUT2D eigenvalue weighted by molar-refractivity contribution is 9.10. The van der Waals surface area contributed by atoms with E-state index in [0.717, 1.165) is 15.6 Å². The molecule has 0 bridgehead atoms. The zero-order valence-electron chi connectivity index (χ0n) is 19.7. The molecule has 0 aliphatic carbocycles. The number of ether oxygens (including phenoxy) is 2. The lowest BCUT2D eigenvalue weighted by Gasteiger charge is -2.19. The number of esters is 1. The van der Waals surface area contributed by atoms with Crippen LogP contribution in [-0.2, 0) is 26.3 Å². The Morgan fingerprint density at radius 3 is 2.53 bits per heavy atom. The predicted octanol–water partition coefficient (Wildman–Crippen LogP) is 6.48. The molecule has 1 aliphatic heterocycles. The van der Waals surface area contributed by atoms with E-state index in [-0.39, 0.29) is 23.7 Å². The third kappa shape index (κ3) is 6.93. The molecular weight excluding hydrogens is 534 g/mol. The lowest BCUT2D eigenvalue weighted by atomic mass is 9.87. The van der Waals surface area contributed by atoms with E-state index >= 15 is 0 Å². The summed E-state index contributed by atoms with van der Waals surface area (Å²) in [5, 5.41) is 0. The Labute approximate surface area is 219 Å². The van der Waals surface area contributed by atoms with Crippen LogP contribution in [0.4, 0.5) is 0 Å². The van der Waals surface area contributed by atoms with E-state index in [1.54, 1.807) is 0 Å². The summed E-state index contributed by atoms with van der Waals surface area (Å²) < 4.78 is 12.1. The Morgan fingerprint density at radius 2 is 1.88 bits per heavy atom. The Kier molecular flexibility index (Phi) is 8.95. The maximum absolute atomic E-state index is 12.9. The molecule has 0 atom stereocenters. The molecule has 1 saturated heterocycles. The van der Waals surface area contributed by atoms with Gasteiger partial charge in [-0.3, -0.25) is 14.5 Å². The first-order valence-corrected chi connectivity index (χ1v) is 12.9. The number of rotatable bonds is 8. The fourth-order valence-corrected chi connectivity index (χ4v) is 5.02. The quantitative estimate of drug-likeness (QED) is 0.209. The Bertz CT molecular complexity index is 1110. The van der Waals surface area contributed by atoms with Gasteiger partial charge >= 0.3 is 5.97 Å². The molecule has 1 amide bonds. The molecule has 0 saturated carbocycles. The van der Waals surface area contributed by atoms with Gasteiger partial charge in [-0.1, -0.05) is 84.9 Å². The van der Waals surface area contributed by atoms with Crippen molar-refractivity contribution in [3.8, 4) is 5.75 Å². The summed E-state index contributed by atoms with van der Waals surface area (Å²) in [6, 6.07) is 14.1.